The minimum absolute atomic E-state index is 0.242. The maximum absolute atomic E-state index is 12.1. The molecule has 1 rings (SSSR count). The SMILES string of the molecule is CCCN(CCCC(=O)c1ccc(Br)cc1)CCN(C)C. The Hall–Kier alpha value is -0.710. The maximum Gasteiger partial charge on any atom is 0.162 e. The highest BCUT2D eigenvalue weighted by molar-refractivity contribution is 9.10. The summed E-state index contributed by atoms with van der Waals surface area (Å²) in [5.41, 5.74) is 0.813. The lowest BCUT2D eigenvalue weighted by Gasteiger charge is -2.23. The molecular weight excluding hydrogens is 328 g/mol. The summed E-state index contributed by atoms with van der Waals surface area (Å²) in [7, 11) is 4.20. The molecule has 1 aromatic rings. The summed E-state index contributed by atoms with van der Waals surface area (Å²) < 4.78 is 1.01. The van der Waals surface area contributed by atoms with Gasteiger partial charge < -0.3 is 9.80 Å². The highest BCUT2D eigenvalue weighted by Crippen LogP contribution is 2.12. The van der Waals surface area contributed by atoms with Crippen LogP contribution in [-0.2, 0) is 0 Å². The van der Waals surface area contributed by atoms with Crippen LogP contribution in [0.4, 0.5) is 0 Å². The molecule has 0 aliphatic carbocycles. The molecule has 0 saturated heterocycles. The molecule has 0 bridgehead atoms. The van der Waals surface area contributed by atoms with Gasteiger partial charge in [-0.25, -0.2) is 0 Å². The number of carbonyl (C=O) groups excluding carboxylic acids is 1. The van der Waals surface area contributed by atoms with Crippen LogP contribution in [0, 0.1) is 0 Å². The number of hydrogen-bond acceptors (Lipinski definition) is 3. The topological polar surface area (TPSA) is 23.6 Å². The molecule has 0 aliphatic rings. The van der Waals surface area contributed by atoms with Crippen LogP contribution in [-0.4, -0.2) is 55.9 Å². The predicted octanol–water partition coefficient (Wildman–Crippen LogP) is 3.69. The van der Waals surface area contributed by atoms with Gasteiger partial charge in [0.15, 0.2) is 5.78 Å². The fourth-order valence-corrected chi connectivity index (χ4v) is 2.50. The van der Waals surface area contributed by atoms with Crippen molar-refractivity contribution in [3.8, 4) is 0 Å². The van der Waals surface area contributed by atoms with Gasteiger partial charge in [-0.15, -0.1) is 0 Å². The van der Waals surface area contributed by atoms with Crippen molar-refractivity contribution in [2.75, 3.05) is 40.3 Å². The maximum atomic E-state index is 12.1. The number of benzene rings is 1. The molecule has 0 unspecified atom stereocenters. The van der Waals surface area contributed by atoms with Gasteiger partial charge in [0, 0.05) is 29.5 Å². The number of halogens is 1. The fourth-order valence-electron chi connectivity index (χ4n) is 2.24. The Kier molecular flexibility index (Phi) is 8.81. The number of rotatable bonds is 10. The quantitative estimate of drug-likeness (QED) is 0.598. The molecule has 4 heteroatoms. The smallest absolute Gasteiger partial charge is 0.162 e. The van der Waals surface area contributed by atoms with Gasteiger partial charge in [0.25, 0.3) is 0 Å². The first kappa shape index (κ1) is 18.3. The third kappa shape index (κ3) is 7.74. The Balaban J connectivity index is 2.35. The predicted molar refractivity (Wildman–Crippen MR) is 93.0 cm³/mol. The van der Waals surface area contributed by atoms with E-state index < -0.39 is 0 Å². The third-order valence-corrected chi connectivity index (χ3v) is 3.98. The van der Waals surface area contributed by atoms with Crippen molar-refractivity contribution >= 4 is 21.7 Å². The summed E-state index contributed by atoms with van der Waals surface area (Å²) in [5, 5.41) is 0. The highest BCUT2D eigenvalue weighted by Gasteiger charge is 2.08. The zero-order valence-corrected chi connectivity index (χ0v) is 15.0. The number of hydrogen-bond donors (Lipinski definition) is 0. The molecule has 0 aromatic heterocycles. The second kappa shape index (κ2) is 10.1. The van der Waals surface area contributed by atoms with Crippen molar-refractivity contribution < 1.29 is 4.79 Å². The minimum Gasteiger partial charge on any atom is -0.308 e. The van der Waals surface area contributed by atoms with E-state index in [0.717, 1.165) is 49.1 Å². The molecule has 118 valence electrons. The van der Waals surface area contributed by atoms with Gasteiger partial charge >= 0.3 is 0 Å². The highest BCUT2D eigenvalue weighted by atomic mass is 79.9. The Morgan fingerprint density at radius 2 is 1.71 bits per heavy atom. The molecular formula is C17H27BrN2O. The number of ketones is 1. The molecule has 0 atom stereocenters. The summed E-state index contributed by atoms with van der Waals surface area (Å²) in [4.78, 5) is 16.8. The molecule has 0 spiro atoms. The second-order valence-corrected chi connectivity index (χ2v) is 6.59. The molecule has 0 amide bonds. The van der Waals surface area contributed by atoms with Crippen LogP contribution in [0.15, 0.2) is 28.7 Å². The van der Waals surface area contributed by atoms with E-state index in [1.165, 1.54) is 0 Å². The first-order chi connectivity index (χ1) is 10.0. The summed E-state index contributed by atoms with van der Waals surface area (Å²) in [6, 6.07) is 7.63. The van der Waals surface area contributed by atoms with E-state index in [1.54, 1.807) is 0 Å². The number of Topliss-reactive ketones (excluding diaryl/α,β-unsaturated/α-hetero) is 1. The standard InChI is InChI=1S/C17H27BrN2O/c1-4-11-20(14-13-19(2)3)12-5-6-17(21)15-7-9-16(18)10-8-15/h7-10H,4-6,11-14H2,1-3H3. The molecule has 0 aliphatic heterocycles. The van der Waals surface area contributed by atoms with Crippen molar-refractivity contribution in [3.05, 3.63) is 34.3 Å². The number of carbonyl (C=O) groups is 1. The van der Waals surface area contributed by atoms with Crippen LogP contribution in [0.5, 0.6) is 0 Å². The Morgan fingerprint density at radius 3 is 2.29 bits per heavy atom. The van der Waals surface area contributed by atoms with Crippen LogP contribution in [0.1, 0.15) is 36.5 Å². The lowest BCUT2D eigenvalue weighted by molar-refractivity contribution is 0.0974. The number of nitrogens with zero attached hydrogens (tertiary/aromatic N) is 2. The fraction of sp³-hybridized carbons (Fsp3) is 0.588. The molecule has 0 N–H and O–H groups in total. The van der Waals surface area contributed by atoms with Crippen LogP contribution >= 0.6 is 15.9 Å². The zero-order chi connectivity index (χ0) is 15.7. The average molecular weight is 355 g/mol. The first-order valence-corrected chi connectivity index (χ1v) is 8.48. The van der Waals surface area contributed by atoms with Gasteiger partial charge in [-0.3, -0.25) is 4.79 Å². The summed E-state index contributed by atoms with van der Waals surface area (Å²) in [6.07, 6.45) is 2.72. The van der Waals surface area contributed by atoms with Crippen LogP contribution in [0.25, 0.3) is 0 Å². The lowest BCUT2D eigenvalue weighted by Crippen LogP contribution is -2.33. The van der Waals surface area contributed by atoms with E-state index in [4.69, 9.17) is 0 Å². The van der Waals surface area contributed by atoms with E-state index in [0.29, 0.717) is 6.42 Å². The van der Waals surface area contributed by atoms with Gasteiger partial charge in [-0.2, -0.15) is 0 Å². The Bertz CT molecular complexity index is 417. The third-order valence-electron chi connectivity index (χ3n) is 3.45. The zero-order valence-electron chi connectivity index (χ0n) is 13.4. The van der Waals surface area contributed by atoms with E-state index in [-0.39, 0.29) is 5.78 Å². The average Bonchev–Trinajstić information content (AvgIpc) is 2.45. The summed E-state index contributed by atoms with van der Waals surface area (Å²) >= 11 is 3.39. The van der Waals surface area contributed by atoms with Gasteiger partial charge in [0.05, 0.1) is 0 Å². The summed E-state index contributed by atoms with van der Waals surface area (Å²) in [5.74, 6) is 0.242. The molecule has 0 radical (unpaired) electrons. The van der Waals surface area contributed by atoms with Crippen molar-refractivity contribution in [1.29, 1.82) is 0 Å². The van der Waals surface area contributed by atoms with Crippen LogP contribution in [0.3, 0.4) is 0 Å². The van der Waals surface area contributed by atoms with Gasteiger partial charge in [0.1, 0.15) is 0 Å². The van der Waals surface area contributed by atoms with Crippen molar-refractivity contribution in [3.63, 3.8) is 0 Å². The largest absolute Gasteiger partial charge is 0.308 e. The van der Waals surface area contributed by atoms with E-state index >= 15 is 0 Å². The molecule has 3 nitrogen and oxygen atoms in total. The van der Waals surface area contributed by atoms with Crippen molar-refractivity contribution in [2.45, 2.75) is 26.2 Å². The van der Waals surface area contributed by atoms with E-state index in [9.17, 15) is 4.79 Å². The van der Waals surface area contributed by atoms with Crippen LogP contribution < -0.4 is 0 Å². The van der Waals surface area contributed by atoms with Gasteiger partial charge in [-0.1, -0.05) is 35.0 Å². The van der Waals surface area contributed by atoms with Crippen molar-refractivity contribution in [2.24, 2.45) is 0 Å². The normalized spacial score (nSPS) is 11.3. The molecule has 0 heterocycles. The molecule has 1 aromatic carbocycles. The monoisotopic (exact) mass is 354 g/mol. The van der Waals surface area contributed by atoms with E-state index in [1.807, 2.05) is 24.3 Å². The molecule has 21 heavy (non-hydrogen) atoms. The second-order valence-electron chi connectivity index (χ2n) is 5.68. The van der Waals surface area contributed by atoms with Gasteiger partial charge in [-0.05, 0) is 52.2 Å². The minimum atomic E-state index is 0.242. The Morgan fingerprint density at radius 1 is 1.05 bits per heavy atom. The molecule has 0 fully saturated rings. The number of likely N-dealkylation sites (N-methyl/N-ethyl adjacent to an activating group) is 1. The van der Waals surface area contributed by atoms with Gasteiger partial charge in [0.2, 0.25) is 0 Å². The van der Waals surface area contributed by atoms with Crippen LogP contribution in [0.2, 0.25) is 0 Å². The summed E-state index contributed by atoms with van der Waals surface area (Å²) in [6.45, 7) is 6.47. The van der Waals surface area contributed by atoms with Crippen molar-refractivity contribution in [1.82, 2.24) is 9.80 Å². The lowest BCUT2D eigenvalue weighted by atomic mass is 10.1. The Labute approximate surface area is 137 Å². The first-order valence-electron chi connectivity index (χ1n) is 7.68. The molecule has 0 saturated carbocycles. The van der Waals surface area contributed by atoms with E-state index in [2.05, 4.69) is 46.7 Å².